The monoisotopic (exact) mass is 358 g/mol. The molecule has 15 heavy (non-hydrogen) atoms. The Morgan fingerprint density at radius 3 is 2.33 bits per heavy atom. The summed E-state index contributed by atoms with van der Waals surface area (Å²) in [5.74, 6) is -0.178. The van der Waals surface area contributed by atoms with Crippen LogP contribution in [0.25, 0.3) is 0 Å². The van der Waals surface area contributed by atoms with Gasteiger partial charge in [-0.1, -0.05) is 22.6 Å². The van der Waals surface area contributed by atoms with Crippen LogP contribution in [0.1, 0.15) is 6.42 Å². The molecule has 0 bridgehead atoms. The highest BCUT2D eigenvalue weighted by atomic mass is 127. The maximum atomic E-state index is 11.8. The molecule has 0 saturated carbocycles. The van der Waals surface area contributed by atoms with Crippen molar-refractivity contribution in [3.63, 3.8) is 0 Å². The molecular weight excluding hydrogens is 348 g/mol. The number of rotatable bonds is 3. The van der Waals surface area contributed by atoms with Gasteiger partial charge in [0.1, 0.15) is 0 Å². The third kappa shape index (κ3) is 4.85. The first-order chi connectivity index (χ1) is 6.70. The molecular formula is C7H10F3IO3S. The second kappa shape index (κ2) is 4.74. The summed E-state index contributed by atoms with van der Waals surface area (Å²) >= 11 is 1.89. The summed E-state index contributed by atoms with van der Waals surface area (Å²) in [6.45, 7) is -0.469. The quantitative estimate of drug-likeness (QED) is 0.568. The van der Waals surface area contributed by atoms with E-state index in [1.165, 1.54) is 0 Å². The lowest BCUT2D eigenvalue weighted by Crippen LogP contribution is -2.24. The first-order valence-electron chi connectivity index (χ1n) is 4.22. The minimum Gasteiger partial charge on any atom is -0.376 e. The van der Waals surface area contributed by atoms with Crippen LogP contribution in [0.5, 0.6) is 0 Å². The Morgan fingerprint density at radius 2 is 1.93 bits per heavy atom. The lowest BCUT2D eigenvalue weighted by molar-refractivity contribution is -0.147. The van der Waals surface area contributed by atoms with Gasteiger partial charge in [0.15, 0.2) is 9.84 Å². The maximum absolute atomic E-state index is 11.8. The standard InChI is InChI=1S/C7H10F3IO3S/c8-7(9,10)1-2-14-6-4-15(12,13)3-5(6)11/h5-6H,1-4H2. The molecule has 1 rings (SSSR count). The van der Waals surface area contributed by atoms with E-state index >= 15 is 0 Å². The highest BCUT2D eigenvalue weighted by Gasteiger charge is 2.37. The van der Waals surface area contributed by atoms with E-state index in [4.69, 9.17) is 4.74 Å². The summed E-state index contributed by atoms with van der Waals surface area (Å²) in [6.07, 6.45) is -5.89. The average Bonchev–Trinajstić information content (AvgIpc) is 2.22. The van der Waals surface area contributed by atoms with Crippen molar-refractivity contribution >= 4 is 32.4 Å². The van der Waals surface area contributed by atoms with Crippen molar-refractivity contribution in [2.45, 2.75) is 22.6 Å². The Labute approximate surface area is 99.4 Å². The molecule has 0 radical (unpaired) electrons. The van der Waals surface area contributed by atoms with Crippen LogP contribution < -0.4 is 0 Å². The smallest absolute Gasteiger partial charge is 0.376 e. The van der Waals surface area contributed by atoms with Gasteiger partial charge in [-0.2, -0.15) is 13.2 Å². The molecule has 0 aromatic heterocycles. The van der Waals surface area contributed by atoms with E-state index in [0.717, 1.165) is 0 Å². The van der Waals surface area contributed by atoms with Crippen molar-refractivity contribution in [1.29, 1.82) is 0 Å². The average molecular weight is 358 g/mol. The predicted molar refractivity (Wildman–Crippen MR) is 56.9 cm³/mol. The Balaban J connectivity index is 2.35. The summed E-state index contributed by atoms with van der Waals surface area (Å²) in [4.78, 5) is 0. The van der Waals surface area contributed by atoms with E-state index in [0.29, 0.717) is 0 Å². The van der Waals surface area contributed by atoms with Gasteiger partial charge in [0.2, 0.25) is 0 Å². The van der Waals surface area contributed by atoms with Gasteiger partial charge in [-0.05, 0) is 0 Å². The van der Waals surface area contributed by atoms with Gasteiger partial charge < -0.3 is 4.74 Å². The lowest BCUT2D eigenvalue weighted by atomic mass is 10.3. The van der Waals surface area contributed by atoms with Crippen molar-refractivity contribution in [3.8, 4) is 0 Å². The summed E-state index contributed by atoms with van der Waals surface area (Å²) in [5, 5.41) is 0. The van der Waals surface area contributed by atoms with Gasteiger partial charge in [-0.3, -0.25) is 0 Å². The van der Waals surface area contributed by atoms with Gasteiger partial charge in [-0.15, -0.1) is 0 Å². The molecule has 90 valence electrons. The number of halogens is 4. The zero-order valence-corrected chi connectivity index (χ0v) is 10.6. The molecule has 0 aliphatic carbocycles. The van der Waals surface area contributed by atoms with E-state index in [1.54, 1.807) is 0 Å². The van der Waals surface area contributed by atoms with E-state index in [2.05, 4.69) is 0 Å². The Kier molecular flexibility index (Phi) is 4.27. The number of ether oxygens (including phenoxy) is 1. The highest BCUT2D eigenvalue weighted by molar-refractivity contribution is 14.1. The molecule has 2 atom stereocenters. The molecule has 1 aliphatic rings. The van der Waals surface area contributed by atoms with E-state index in [1.807, 2.05) is 22.6 Å². The molecule has 8 heteroatoms. The minimum absolute atomic E-state index is 0.00968. The third-order valence-electron chi connectivity index (χ3n) is 1.95. The van der Waals surface area contributed by atoms with Crippen LogP contribution in [0, 0.1) is 0 Å². The van der Waals surface area contributed by atoms with Crippen LogP contribution in [0.4, 0.5) is 13.2 Å². The fourth-order valence-electron chi connectivity index (χ4n) is 1.25. The molecule has 0 N–H and O–H groups in total. The first-order valence-corrected chi connectivity index (χ1v) is 7.29. The molecule has 1 heterocycles. The van der Waals surface area contributed by atoms with Gasteiger partial charge in [-0.25, -0.2) is 8.42 Å². The SMILES string of the molecule is O=S1(=O)CC(I)C(OCCC(F)(F)F)C1. The van der Waals surface area contributed by atoms with Gasteiger partial charge in [0.25, 0.3) is 0 Å². The van der Waals surface area contributed by atoms with Crippen LogP contribution in [0.3, 0.4) is 0 Å². The fourth-order valence-corrected chi connectivity index (χ4v) is 5.37. The van der Waals surface area contributed by atoms with E-state index in [-0.39, 0.29) is 15.4 Å². The number of sulfone groups is 1. The lowest BCUT2D eigenvalue weighted by Gasteiger charge is -2.14. The zero-order chi connectivity index (χ0) is 11.7. The minimum atomic E-state index is -4.25. The summed E-state index contributed by atoms with van der Waals surface area (Å²) in [5.41, 5.74) is 0. The molecule has 1 fully saturated rings. The van der Waals surface area contributed by atoms with E-state index in [9.17, 15) is 21.6 Å². The van der Waals surface area contributed by atoms with Crippen molar-refractivity contribution in [3.05, 3.63) is 0 Å². The molecule has 1 saturated heterocycles. The highest BCUT2D eigenvalue weighted by Crippen LogP contribution is 2.25. The van der Waals surface area contributed by atoms with Crippen molar-refractivity contribution in [2.75, 3.05) is 18.1 Å². The van der Waals surface area contributed by atoms with Crippen LogP contribution in [0.15, 0.2) is 0 Å². The Bertz CT molecular complexity index is 314. The van der Waals surface area contributed by atoms with Gasteiger partial charge >= 0.3 is 6.18 Å². The molecule has 0 aromatic carbocycles. The zero-order valence-electron chi connectivity index (χ0n) is 7.63. The fraction of sp³-hybridized carbons (Fsp3) is 1.00. The molecule has 1 aliphatic heterocycles. The van der Waals surface area contributed by atoms with Gasteiger partial charge in [0, 0.05) is 0 Å². The topological polar surface area (TPSA) is 43.4 Å². The molecule has 2 unspecified atom stereocenters. The normalized spacial score (nSPS) is 30.7. The number of hydrogen-bond acceptors (Lipinski definition) is 3. The van der Waals surface area contributed by atoms with Crippen molar-refractivity contribution in [2.24, 2.45) is 0 Å². The Morgan fingerprint density at radius 1 is 1.33 bits per heavy atom. The third-order valence-corrected chi connectivity index (χ3v) is 5.50. The molecule has 0 aromatic rings. The van der Waals surface area contributed by atoms with E-state index < -0.39 is 35.1 Å². The number of hydrogen-bond donors (Lipinski definition) is 0. The largest absolute Gasteiger partial charge is 0.391 e. The molecule has 0 amide bonds. The van der Waals surface area contributed by atoms with Crippen LogP contribution >= 0.6 is 22.6 Å². The van der Waals surface area contributed by atoms with Crippen molar-refractivity contribution in [1.82, 2.24) is 0 Å². The second-order valence-electron chi connectivity index (χ2n) is 3.37. The van der Waals surface area contributed by atoms with Crippen molar-refractivity contribution < 1.29 is 26.3 Å². The van der Waals surface area contributed by atoms with Gasteiger partial charge in [0.05, 0.1) is 34.6 Å². The molecule has 3 nitrogen and oxygen atoms in total. The summed E-state index contributed by atoms with van der Waals surface area (Å²) in [7, 11) is -3.12. The maximum Gasteiger partial charge on any atom is 0.391 e. The number of alkyl halides is 4. The van der Waals surface area contributed by atoms with Crippen LogP contribution in [-0.2, 0) is 14.6 Å². The summed E-state index contributed by atoms with van der Waals surface area (Å²) < 4.78 is 62.2. The predicted octanol–water partition coefficient (Wildman–Crippen LogP) is 1.56. The van der Waals surface area contributed by atoms with Crippen LogP contribution in [0.2, 0.25) is 0 Å². The summed E-state index contributed by atoms with van der Waals surface area (Å²) in [6, 6.07) is 0. The Hall–Kier alpha value is 0.430. The first kappa shape index (κ1) is 13.5. The van der Waals surface area contributed by atoms with Crippen LogP contribution in [-0.4, -0.2) is 42.7 Å². The second-order valence-corrected chi connectivity index (χ2v) is 7.12. The molecule has 0 spiro atoms.